The van der Waals surface area contributed by atoms with Gasteiger partial charge in [-0.25, -0.2) is 8.42 Å². The van der Waals surface area contributed by atoms with Gasteiger partial charge in [0.1, 0.15) is 0 Å². The molecular formula is C29H32BrF2N3O3S. The summed E-state index contributed by atoms with van der Waals surface area (Å²) in [6.45, 7) is 4.13. The Bertz CT molecular complexity index is 1480. The highest BCUT2D eigenvalue weighted by Crippen LogP contribution is 2.40. The molecule has 3 atom stereocenters. The van der Waals surface area contributed by atoms with Gasteiger partial charge in [-0.05, 0) is 72.2 Å². The van der Waals surface area contributed by atoms with Gasteiger partial charge in [-0.1, -0.05) is 66.2 Å². The number of piperidine rings is 1. The Hall–Kier alpha value is -2.40. The lowest BCUT2D eigenvalue weighted by Crippen LogP contribution is -2.60. The van der Waals surface area contributed by atoms with Crippen molar-refractivity contribution in [2.45, 2.75) is 80.4 Å². The van der Waals surface area contributed by atoms with E-state index >= 15 is 8.78 Å². The van der Waals surface area contributed by atoms with Crippen LogP contribution in [0.25, 0.3) is 10.8 Å². The Balaban J connectivity index is 1.52. The van der Waals surface area contributed by atoms with E-state index in [0.717, 1.165) is 10.9 Å². The minimum Gasteiger partial charge on any atom is -0.335 e. The van der Waals surface area contributed by atoms with Crippen LogP contribution in [-0.4, -0.2) is 43.4 Å². The summed E-state index contributed by atoms with van der Waals surface area (Å²) in [5, 5.41) is 1.50. The fourth-order valence-electron chi connectivity index (χ4n) is 5.84. The lowest BCUT2D eigenvalue weighted by Gasteiger charge is -2.41. The van der Waals surface area contributed by atoms with Crippen molar-refractivity contribution in [2.75, 3.05) is 0 Å². The first-order valence-corrected chi connectivity index (χ1v) is 15.4. The van der Waals surface area contributed by atoms with E-state index in [0.29, 0.717) is 41.5 Å². The van der Waals surface area contributed by atoms with Crippen LogP contribution in [0.1, 0.15) is 56.6 Å². The molecule has 208 valence electrons. The quantitative estimate of drug-likeness (QED) is 0.358. The minimum absolute atomic E-state index is 0.109. The van der Waals surface area contributed by atoms with Crippen LogP contribution in [0.4, 0.5) is 8.78 Å². The van der Waals surface area contributed by atoms with Crippen LogP contribution in [0, 0.1) is 0 Å². The monoisotopic (exact) mass is 619 g/mol. The summed E-state index contributed by atoms with van der Waals surface area (Å²) in [7, 11) is -4.50. The molecular weight excluding hydrogens is 588 g/mol. The van der Waals surface area contributed by atoms with Crippen LogP contribution in [0.5, 0.6) is 0 Å². The Morgan fingerprint density at radius 2 is 1.59 bits per heavy atom. The van der Waals surface area contributed by atoms with Gasteiger partial charge in [-0.3, -0.25) is 4.79 Å². The summed E-state index contributed by atoms with van der Waals surface area (Å²) in [6, 6.07) is 12.5. The molecule has 3 aromatic rings. The number of carbonyl (C=O) groups is 1. The molecule has 10 heteroatoms. The lowest BCUT2D eigenvalue weighted by molar-refractivity contribution is -0.149. The van der Waals surface area contributed by atoms with Crippen LogP contribution in [-0.2, 0) is 20.7 Å². The van der Waals surface area contributed by atoms with Gasteiger partial charge in [0.2, 0.25) is 15.9 Å². The molecule has 2 saturated heterocycles. The van der Waals surface area contributed by atoms with Crippen molar-refractivity contribution in [2.24, 2.45) is 5.73 Å². The Kier molecular flexibility index (Phi) is 7.60. The molecule has 39 heavy (non-hydrogen) atoms. The second-order valence-corrected chi connectivity index (χ2v) is 13.6. The van der Waals surface area contributed by atoms with E-state index in [2.05, 4.69) is 34.5 Å². The predicted octanol–water partition coefficient (Wildman–Crippen LogP) is 5.65. The minimum atomic E-state index is -4.50. The van der Waals surface area contributed by atoms with Crippen LogP contribution < -0.4 is 10.5 Å². The lowest BCUT2D eigenvalue weighted by atomic mass is 9.95. The second-order valence-electron chi connectivity index (χ2n) is 11.0. The van der Waals surface area contributed by atoms with Crippen molar-refractivity contribution in [3.05, 3.63) is 76.3 Å². The van der Waals surface area contributed by atoms with Crippen molar-refractivity contribution in [1.82, 2.24) is 9.62 Å². The number of sulfonamides is 1. The zero-order valence-electron chi connectivity index (χ0n) is 21.8. The van der Waals surface area contributed by atoms with Gasteiger partial charge in [-0.15, -0.1) is 0 Å². The van der Waals surface area contributed by atoms with Crippen molar-refractivity contribution >= 4 is 42.6 Å². The number of carbonyl (C=O) groups excluding carboxylic acids is 1. The zero-order chi connectivity index (χ0) is 28.1. The number of nitrogens with two attached hydrogens (primary N) is 1. The summed E-state index contributed by atoms with van der Waals surface area (Å²) < 4.78 is 62.1. The van der Waals surface area contributed by atoms with Crippen LogP contribution >= 0.6 is 15.9 Å². The molecule has 2 unspecified atom stereocenters. The molecule has 2 fully saturated rings. The maximum absolute atomic E-state index is 16.1. The topological polar surface area (TPSA) is 92.5 Å². The fraction of sp³-hybridized carbons (Fsp3) is 0.414. The van der Waals surface area contributed by atoms with E-state index < -0.39 is 33.5 Å². The summed E-state index contributed by atoms with van der Waals surface area (Å²) >= 11 is 3.24. The number of fused-ring (bicyclic) bond motifs is 3. The Morgan fingerprint density at radius 3 is 2.21 bits per heavy atom. The molecule has 1 amide bonds. The van der Waals surface area contributed by atoms with Crippen molar-refractivity contribution in [1.29, 1.82) is 0 Å². The number of benzene rings is 3. The fourth-order valence-corrected chi connectivity index (χ4v) is 7.33. The average molecular weight is 621 g/mol. The molecule has 2 aliphatic heterocycles. The maximum atomic E-state index is 16.1. The first-order chi connectivity index (χ1) is 18.4. The summed E-state index contributed by atoms with van der Waals surface area (Å²) in [5.41, 5.74) is 6.78. The molecule has 2 heterocycles. The smallest absolute Gasteiger partial charge is 0.298 e. The van der Waals surface area contributed by atoms with E-state index in [1.807, 2.05) is 18.2 Å². The number of hydrogen-bond acceptors (Lipinski definition) is 4. The third-order valence-electron chi connectivity index (χ3n) is 7.95. The van der Waals surface area contributed by atoms with Crippen LogP contribution in [0.15, 0.2) is 70.0 Å². The standard InChI is InChI=1S/C29H32BrF2N3O3S/c1-17(2)18-3-4-20-14-26(12-5-19(20)13-18)39(37,38)34-27(29(31,32)21-6-8-22(30)9-7-21)28(36)35-24-10-11-25(35)16-23(33)15-24/h3-9,12-14,17,23-25,27,34H,10-11,15-16,33H2,1-2H3/t23?,24?,25?,27-/m0/s1. The first-order valence-electron chi connectivity index (χ1n) is 13.1. The molecule has 3 aromatic carbocycles. The van der Waals surface area contributed by atoms with E-state index in [1.54, 1.807) is 6.07 Å². The van der Waals surface area contributed by atoms with Gasteiger partial charge in [-0.2, -0.15) is 13.5 Å². The first kappa shape index (κ1) is 28.1. The molecule has 0 saturated carbocycles. The molecule has 3 N–H and O–H groups in total. The predicted molar refractivity (Wildman–Crippen MR) is 151 cm³/mol. The van der Waals surface area contributed by atoms with E-state index in [1.165, 1.54) is 41.3 Å². The molecule has 0 aromatic heterocycles. The summed E-state index contributed by atoms with van der Waals surface area (Å²) in [4.78, 5) is 15.1. The number of nitrogens with zero attached hydrogens (tertiary/aromatic N) is 1. The Morgan fingerprint density at radius 1 is 1.00 bits per heavy atom. The van der Waals surface area contributed by atoms with E-state index in [4.69, 9.17) is 5.73 Å². The highest BCUT2D eigenvalue weighted by Gasteiger charge is 2.53. The van der Waals surface area contributed by atoms with Gasteiger partial charge in [0.05, 0.1) is 4.90 Å². The van der Waals surface area contributed by atoms with Gasteiger partial charge in [0.25, 0.3) is 5.92 Å². The molecule has 6 nitrogen and oxygen atoms in total. The number of rotatable bonds is 7. The summed E-state index contributed by atoms with van der Waals surface area (Å²) in [5.74, 6) is -4.44. The molecule has 5 rings (SSSR count). The van der Waals surface area contributed by atoms with Crippen molar-refractivity contribution in [3.63, 3.8) is 0 Å². The Labute approximate surface area is 236 Å². The number of amides is 1. The largest absolute Gasteiger partial charge is 0.335 e. The maximum Gasteiger partial charge on any atom is 0.298 e. The van der Waals surface area contributed by atoms with Crippen molar-refractivity contribution < 1.29 is 22.0 Å². The number of alkyl halides is 2. The van der Waals surface area contributed by atoms with Gasteiger partial charge in [0.15, 0.2) is 6.04 Å². The average Bonchev–Trinajstić information content (AvgIpc) is 3.17. The highest BCUT2D eigenvalue weighted by atomic mass is 79.9. The third-order valence-corrected chi connectivity index (χ3v) is 9.90. The zero-order valence-corrected chi connectivity index (χ0v) is 24.2. The number of hydrogen-bond donors (Lipinski definition) is 2. The molecule has 2 bridgehead atoms. The highest BCUT2D eigenvalue weighted by molar-refractivity contribution is 9.10. The number of nitrogens with one attached hydrogen (secondary N) is 1. The van der Waals surface area contributed by atoms with Crippen LogP contribution in [0.2, 0.25) is 0 Å². The van der Waals surface area contributed by atoms with E-state index in [-0.39, 0.29) is 23.0 Å². The normalized spacial score (nSPS) is 22.4. The molecule has 0 spiro atoms. The second kappa shape index (κ2) is 10.5. The summed E-state index contributed by atoms with van der Waals surface area (Å²) in [6.07, 6.45) is 2.34. The van der Waals surface area contributed by atoms with E-state index in [9.17, 15) is 13.2 Å². The van der Waals surface area contributed by atoms with Gasteiger partial charge >= 0.3 is 0 Å². The number of halogens is 3. The van der Waals surface area contributed by atoms with Gasteiger partial charge < -0.3 is 10.6 Å². The third kappa shape index (κ3) is 5.49. The SMILES string of the molecule is CC(C)c1ccc2cc(S(=O)(=O)N[C@@H](C(=O)N3C4CCC3CC(N)C4)C(F)(F)c3ccc(Br)cc3)ccc2c1. The van der Waals surface area contributed by atoms with Gasteiger partial charge in [0, 0.05) is 28.2 Å². The molecule has 2 aliphatic rings. The molecule has 0 radical (unpaired) electrons. The van der Waals surface area contributed by atoms with Crippen LogP contribution in [0.3, 0.4) is 0 Å². The molecule has 0 aliphatic carbocycles. The van der Waals surface area contributed by atoms with Crippen molar-refractivity contribution in [3.8, 4) is 0 Å².